The summed E-state index contributed by atoms with van der Waals surface area (Å²) in [5.41, 5.74) is -1.20. The molecule has 2 heteroatoms. The first-order valence-corrected chi connectivity index (χ1v) is 3.85. The van der Waals surface area contributed by atoms with Gasteiger partial charge in [0.05, 0.1) is 0 Å². The number of halogens is 1. The third-order valence-electron chi connectivity index (χ3n) is 2.27. The summed E-state index contributed by atoms with van der Waals surface area (Å²) in [5, 5.41) is 8.83. The molecule has 1 nitrogen and oxygen atoms in total. The monoisotopic (exact) mass is 146 g/mol. The van der Waals surface area contributed by atoms with Crippen molar-refractivity contribution >= 4 is 0 Å². The zero-order valence-corrected chi connectivity index (χ0v) is 6.60. The van der Waals surface area contributed by atoms with Crippen LogP contribution in [0.5, 0.6) is 0 Å². The van der Waals surface area contributed by atoms with E-state index in [1.54, 1.807) is 13.8 Å². The summed E-state index contributed by atoms with van der Waals surface area (Å²) in [4.78, 5) is 0. The second-order valence-electron chi connectivity index (χ2n) is 3.69. The van der Waals surface area contributed by atoms with Gasteiger partial charge in [-0.05, 0) is 32.6 Å². The molecule has 0 heterocycles. The Morgan fingerprint density at radius 1 is 1.60 bits per heavy atom. The minimum atomic E-state index is -1.20. The van der Waals surface area contributed by atoms with E-state index in [1.807, 2.05) is 0 Å². The maximum atomic E-state index is 13.2. The smallest absolute Gasteiger partial charge is 0.110 e. The summed E-state index contributed by atoms with van der Waals surface area (Å²) < 4.78 is 13.2. The Morgan fingerprint density at radius 3 is 2.20 bits per heavy atom. The van der Waals surface area contributed by atoms with E-state index in [4.69, 9.17) is 5.11 Å². The van der Waals surface area contributed by atoms with Crippen molar-refractivity contribution in [1.29, 1.82) is 0 Å². The quantitative estimate of drug-likeness (QED) is 0.643. The summed E-state index contributed by atoms with van der Waals surface area (Å²) in [6.07, 6.45) is 2.19. The van der Waals surface area contributed by atoms with E-state index in [1.165, 1.54) is 0 Å². The molecule has 1 N–H and O–H groups in total. The van der Waals surface area contributed by atoms with Gasteiger partial charge in [0.1, 0.15) is 5.67 Å². The van der Waals surface area contributed by atoms with Crippen LogP contribution in [-0.4, -0.2) is 17.4 Å². The molecule has 0 aromatic carbocycles. The molecule has 10 heavy (non-hydrogen) atoms. The van der Waals surface area contributed by atoms with Crippen molar-refractivity contribution < 1.29 is 9.50 Å². The van der Waals surface area contributed by atoms with E-state index in [9.17, 15) is 4.39 Å². The van der Waals surface area contributed by atoms with Crippen LogP contribution in [0.2, 0.25) is 0 Å². The molecule has 0 aliphatic heterocycles. The molecule has 0 aromatic rings. The van der Waals surface area contributed by atoms with Gasteiger partial charge in [-0.25, -0.2) is 4.39 Å². The summed E-state index contributed by atoms with van der Waals surface area (Å²) in [6.45, 7) is 3.09. The van der Waals surface area contributed by atoms with Crippen LogP contribution in [0.25, 0.3) is 0 Å². The first-order chi connectivity index (χ1) is 4.55. The van der Waals surface area contributed by atoms with E-state index >= 15 is 0 Å². The summed E-state index contributed by atoms with van der Waals surface area (Å²) >= 11 is 0. The summed E-state index contributed by atoms with van der Waals surface area (Å²) in [5.74, 6) is 0.317. The second kappa shape index (κ2) is 2.50. The largest absolute Gasteiger partial charge is 0.396 e. The molecule has 1 unspecified atom stereocenters. The normalized spacial score (nSPS) is 22.8. The van der Waals surface area contributed by atoms with Crippen molar-refractivity contribution in [2.45, 2.75) is 32.4 Å². The number of aliphatic hydroxyl groups excluding tert-OH is 1. The van der Waals surface area contributed by atoms with Crippen molar-refractivity contribution in [1.82, 2.24) is 0 Å². The van der Waals surface area contributed by atoms with Crippen molar-refractivity contribution in [3.8, 4) is 0 Å². The lowest BCUT2D eigenvalue weighted by Gasteiger charge is -2.24. The van der Waals surface area contributed by atoms with Gasteiger partial charge in [-0.2, -0.15) is 0 Å². The highest BCUT2D eigenvalue weighted by molar-refractivity contribution is 4.90. The van der Waals surface area contributed by atoms with Crippen LogP contribution in [0.4, 0.5) is 4.39 Å². The van der Waals surface area contributed by atoms with Gasteiger partial charge < -0.3 is 5.11 Å². The molecule has 1 aliphatic carbocycles. The zero-order chi connectivity index (χ0) is 7.78. The lowest BCUT2D eigenvalue weighted by atomic mass is 9.89. The molecule has 0 saturated heterocycles. The van der Waals surface area contributed by atoms with Crippen molar-refractivity contribution in [2.24, 2.45) is 11.8 Å². The minimum absolute atomic E-state index is 0.00579. The molecule has 1 fully saturated rings. The van der Waals surface area contributed by atoms with E-state index in [0.29, 0.717) is 5.92 Å². The highest BCUT2D eigenvalue weighted by Gasteiger charge is 2.40. The van der Waals surface area contributed by atoms with E-state index in [0.717, 1.165) is 12.8 Å². The Labute approximate surface area is 61.2 Å². The van der Waals surface area contributed by atoms with Crippen molar-refractivity contribution in [2.75, 3.05) is 6.61 Å². The van der Waals surface area contributed by atoms with Crippen LogP contribution in [0, 0.1) is 11.8 Å². The summed E-state index contributed by atoms with van der Waals surface area (Å²) in [6, 6.07) is 0. The fraction of sp³-hybridized carbons (Fsp3) is 1.00. The molecule has 0 radical (unpaired) electrons. The molecule has 1 atom stereocenters. The lowest BCUT2D eigenvalue weighted by molar-refractivity contribution is 0.0577. The number of hydrogen-bond acceptors (Lipinski definition) is 1. The van der Waals surface area contributed by atoms with E-state index in [-0.39, 0.29) is 12.5 Å². The van der Waals surface area contributed by atoms with Gasteiger partial charge in [0, 0.05) is 12.5 Å². The van der Waals surface area contributed by atoms with Gasteiger partial charge in [0.2, 0.25) is 0 Å². The molecule has 60 valence electrons. The van der Waals surface area contributed by atoms with Gasteiger partial charge in [-0.1, -0.05) is 0 Å². The highest BCUT2D eigenvalue weighted by Crippen LogP contribution is 2.42. The maximum absolute atomic E-state index is 13.2. The zero-order valence-electron chi connectivity index (χ0n) is 6.60. The Hall–Kier alpha value is -0.110. The van der Waals surface area contributed by atoms with Crippen LogP contribution >= 0.6 is 0 Å². The predicted molar refractivity (Wildman–Crippen MR) is 38.5 cm³/mol. The third-order valence-corrected chi connectivity index (χ3v) is 2.27. The molecule has 0 spiro atoms. The molecular formula is C8H15FO. The van der Waals surface area contributed by atoms with Gasteiger partial charge in [-0.3, -0.25) is 0 Å². The van der Waals surface area contributed by atoms with Crippen LogP contribution in [0.1, 0.15) is 26.7 Å². The van der Waals surface area contributed by atoms with E-state index in [2.05, 4.69) is 0 Å². The molecule has 1 rings (SSSR count). The molecule has 0 bridgehead atoms. The first-order valence-electron chi connectivity index (χ1n) is 3.85. The van der Waals surface area contributed by atoms with Gasteiger partial charge >= 0.3 is 0 Å². The topological polar surface area (TPSA) is 20.2 Å². The van der Waals surface area contributed by atoms with Crippen LogP contribution in [-0.2, 0) is 0 Å². The average Bonchev–Trinajstić information content (AvgIpc) is 2.46. The number of rotatable bonds is 3. The second-order valence-corrected chi connectivity index (χ2v) is 3.69. The fourth-order valence-corrected chi connectivity index (χ4v) is 1.43. The number of aliphatic hydroxyl groups is 1. The molecular weight excluding hydrogens is 131 g/mol. The maximum Gasteiger partial charge on any atom is 0.110 e. The molecule has 1 saturated carbocycles. The van der Waals surface area contributed by atoms with Gasteiger partial charge in [0.25, 0.3) is 0 Å². The Kier molecular flexibility index (Phi) is 1.99. The van der Waals surface area contributed by atoms with Crippen LogP contribution < -0.4 is 0 Å². The Balaban J connectivity index is 2.46. The number of hydrogen-bond donors (Lipinski definition) is 1. The predicted octanol–water partition coefficient (Wildman–Crippen LogP) is 1.75. The third kappa shape index (κ3) is 1.69. The molecule has 0 aromatic heterocycles. The SMILES string of the molecule is CC(C)(F)C(CO)C1CC1. The first kappa shape index (κ1) is 7.99. The molecule has 1 aliphatic rings. The lowest BCUT2D eigenvalue weighted by Crippen LogP contribution is -2.30. The molecule has 0 amide bonds. The van der Waals surface area contributed by atoms with Gasteiger partial charge in [-0.15, -0.1) is 0 Å². The fourth-order valence-electron chi connectivity index (χ4n) is 1.43. The highest BCUT2D eigenvalue weighted by atomic mass is 19.1. The van der Waals surface area contributed by atoms with Crippen LogP contribution in [0.3, 0.4) is 0 Å². The standard InChI is InChI=1S/C8H15FO/c1-8(2,9)7(5-10)6-3-4-6/h6-7,10H,3-5H2,1-2H3. The average molecular weight is 146 g/mol. The summed E-state index contributed by atoms with van der Waals surface area (Å²) in [7, 11) is 0. The van der Waals surface area contributed by atoms with Crippen molar-refractivity contribution in [3.63, 3.8) is 0 Å². The number of alkyl halides is 1. The van der Waals surface area contributed by atoms with Crippen molar-refractivity contribution in [3.05, 3.63) is 0 Å². The Morgan fingerprint density at radius 2 is 2.10 bits per heavy atom. The van der Waals surface area contributed by atoms with Gasteiger partial charge in [0.15, 0.2) is 0 Å². The minimum Gasteiger partial charge on any atom is -0.396 e. The van der Waals surface area contributed by atoms with Crippen LogP contribution in [0.15, 0.2) is 0 Å². The van der Waals surface area contributed by atoms with E-state index < -0.39 is 5.67 Å². The Bertz CT molecular complexity index is 113.